The van der Waals surface area contributed by atoms with Crippen molar-refractivity contribution in [2.45, 2.75) is 12.8 Å². The first kappa shape index (κ1) is 18.4. The number of benzene rings is 3. The van der Waals surface area contributed by atoms with Gasteiger partial charge < -0.3 is 5.32 Å². The number of amides is 2. The second-order valence-electron chi connectivity index (χ2n) is 7.24. The zero-order chi connectivity index (χ0) is 20.5. The quantitative estimate of drug-likeness (QED) is 0.483. The number of hydrogen-bond donors (Lipinski definition) is 2. The number of carbonyl (C=O) groups excluding carboxylic acids is 2. The molecule has 2 amide bonds. The Hall–Kier alpha value is -3.58. The molecule has 0 unspecified atom stereocenters. The zero-order valence-electron chi connectivity index (χ0n) is 16.0. The summed E-state index contributed by atoms with van der Waals surface area (Å²) >= 11 is 1.31. The first-order valence-corrected chi connectivity index (χ1v) is 10.5. The van der Waals surface area contributed by atoms with E-state index in [4.69, 9.17) is 0 Å². The third kappa shape index (κ3) is 3.79. The van der Waals surface area contributed by atoms with E-state index in [0.29, 0.717) is 16.4 Å². The smallest absolute Gasteiger partial charge is 0.259 e. The lowest BCUT2D eigenvalue weighted by Gasteiger charge is -2.12. The van der Waals surface area contributed by atoms with Crippen LogP contribution in [0.15, 0.2) is 66.7 Å². The molecule has 5 rings (SSSR count). The minimum absolute atomic E-state index is 0.0402. The Labute approximate surface area is 177 Å². The van der Waals surface area contributed by atoms with Crippen molar-refractivity contribution in [3.05, 3.63) is 72.3 Å². The largest absolute Gasteiger partial charge is 0.325 e. The van der Waals surface area contributed by atoms with Crippen molar-refractivity contribution in [1.29, 1.82) is 0 Å². The Kier molecular flexibility index (Phi) is 4.72. The minimum Gasteiger partial charge on any atom is -0.325 e. The molecule has 30 heavy (non-hydrogen) atoms. The Morgan fingerprint density at radius 1 is 0.867 bits per heavy atom. The molecule has 7 heteroatoms. The van der Waals surface area contributed by atoms with Gasteiger partial charge in [-0.05, 0) is 35.7 Å². The molecule has 1 saturated carbocycles. The topological polar surface area (TPSA) is 84.0 Å². The number of aromatic nitrogens is 2. The average Bonchev–Trinajstić information content (AvgIpc) is 3.53. The van der Waals surface area contributed by atoms with Gasteiger partial charge in [-0.2, -0.15) is 0 Å². The van der Waals surface area contributed by atoms with Crippen molar-refractivity contribution in [3.8, 4) is 10.6 Å². The Bertz CT molecular complexity index is 1250. The van der Waals surface area contributed by atoms with Gasteiger partial charge in [0.05, 0.1) is 11.3 Å². The molecule has 2 N–H and O–H groups in total. The van der Waals surface area contributed by atoms with Crippen LogP contribution in [0.1, 0.15) is 23.2 Å². The Balaban J connectivity index is 1.44. The summed E-state index contributed by atoms with van der Waals surface area (Å²) in [5.41, 5.74) is 1.86. The van der Waals surface area contributed by atoms with Crippen LogP contribution in [0, 0.1) is 5.92 Å². The van der Waals surface area contributed by atoms with Gasteiger partial charge in [-0.1, -0.05) is 65.9 Å². The van der Waals surface area contributed by atoms with E-state index in [1.807, 2.05) is 60.7 Å². The van der Waals surface area contributed by atoms with Gasteiger partial charge in [0.15, 0.2) is 0 Å². The molecular weight excluding hydrogens is 396 g/mol. The van der Waals surface area contributed by atoms with Crippen molar-refractivity contribution in [1.82, 2.24) is 10.2 Å². The van der Waals surface area contributed by atoms with Crippen molar-refractivity contribution in [3.63, 3.8) is 0 Å². The van der Waals surface area contributed by atoms with Gasteiger partial charge >= 0.3 is 0 Å². The molecule has 6 nitrogen and oxygen atoms in total. The predicted molar refractivity (Wildman–Crippen MR) is 119 cm³/mol. The fraction of sp³-hybridized carbons (Fsp3) is 0.130. The van der Waals surface area contributed by atoms with Crippen LogP contribution in [0.2, 0.25) is 0 Å². The molecule has 0 spiro atoms. The van der Waals surface area contributed by atoms with E-state index in [2.05, 4.69) is 20.8 Å². The highest BCUT2D eigenvalue weighted by molar-refractivity contribution is 7.18. The number of carbonyl (C=O) groups is 2. The van der Waals surface area contributed by atoms with Gasteiger partial charge in [0.1, 0.15) is 5.01 Å². The summed E-state index contributed by atoms with van der Waals surface area (Å²) < 4.78 is 0. The van der Waals surface area contributed by atoms with Crippen molar-refractivity contribution in [2.24, 2.45) is 5.92 Å². The average molecular weight is 414 g/mol. The molecular formula is C23H18N4O2S. The number of nitrogens with zero attached hydrogens (tertiary/aromatic N) is 2. The van der Waals surface area contributed by atoms with Gasteiger partial charge in [-0.25, -0.2) is 0 Å². The Morgan fingerprint density at radius 2 is 1.57 bits per heavy atom. The van der Waals surface area contributed by atoms with Crippen LogP contribution < -0.4 is 10.6 Å². The summed E-state index contributed by atoms with van der Waals surface area (Å²) in [6, 6.07) is 21.1. The molecule has 1 aliphatic rings. The van der Waals surface area contributed by atoms with Crippen LogP contribution in [-0.4, -0.2) is 22.0 Å². The lowest BCUT2D eigenvalue weighted by molar-refractivity contribution is -0.117. The maximum atomic E-state index is 13.1. The minimum atomic E-state index is -0.331. The van der Waals surface area contributed by atoms with Crippen LogP contribution in [0.5, 0.6) is 0 Å². The van der Waals surface area contributed by atoms with Gasteiger partial charge in [-0.3, -0.25) is 14.9 Å². The van der Waals surface area contributed by atoms with Crippen LogP contribution >= 0.6 is 11.3 Å². The number of rotatable bonds is 5. The highest BCUT2D eigenvalue weighted by Crippen LogP contribution is 2.32. The molecule has 0 saturated heterocycles. The highest BCUT2D eigenvalue weighted by Gasteiger charge is 2.30. The number of anilines is 2. The van der Waals surface area contributed by atoms with E-state index >= 15 is 0 Å². The molecule has 0 radical (unpaired) electrons. The summed E-state index contributed by atoms with van der Waals surface area (Å²) in [5, 5.41) is 17.0. The van der Waals surface area contributed by atoms with Crippen LogP contribution in [0.4, 0.5) is 10.8 Å². The number of hydrogen-bond acceptors (Lipinski definition) is 5. The SMILES string of the molecule is O=C(Nc1nnc(-c2ccccc2)s1)c1cc2ccccc2cc1NC(=O)C1CC1. The number of nitrogens with one attached hydrogen (secondary N) is 2. The lowest BCUT2D eigenvalue weighted by atomic mass is 10.0. The molecule has 1 aliphatic carbocycles. The summed E-state index contributed by atoms with van der Waals surface area (Å²) in [6.45, 7) is 0. The molecule has 148 valence electrons. The van der Waals surface area contributed by atoms with E-state index in [0.717, 1.165) is 34.2 Å². The molecule has 1 heterocycles. The standard InChI is InChI=1S/C23H18N4O2S/c28-20(14-10-11-14)24-19-13-17-9-5-4-8-16(17)12-18(19)21(29)25-23-27-26-22(30-23)15-6-2-1-3-7-15/h1-9,12-14H,10-11H2,(H,24,28)(H,25,27,29). The first-order chi connectivity index (χ1) is 14.7. The third-order valence-electron chi connectivity index (χ3n) is 5.00. The monoisotopic (exact) mass is 414 g/mol. The predicted octanol–water partition coefficient (Wildman–Crippen LogP) is 4.96. The van der Waals surface area contributed by atoms with Gasteiger partial charge in [0, 0.05) is 11.5 Å². The summed E-state index contributed by atoms with van der Waals surface area (Å²) in [5.74, 6) is -0.326. The van der Waals surface area contributed by atoms with Crippen molar-refractivity contribution >= 4 is 44.7 Å². The van der Waals surface area contributed by atoms with E-state index in [-0.39, 0.29) is 17.7 Å². The highest BCUT2D eigenvalue weighted by atomic mass is 32.1. The Morgan fingerprint density at radius 3 is 2.30 bits per heavy atom. The lowest BCUT2D eigenvalue weighted by Crippen LogP contribution is -2.19. The maximum absolute atomic E-state index is 13.1. The fourth-order valence-electron chi connectivity index (χ4n) is 3.25. The molecule has 3 aromatic carbocycles. The van der Waals surface area contributed by atoms with Crippen LogP contribution in [-0.2, 0) is 4.79 Å². The second-order valence-corrected chi connectivity index (χ2v) is 8.22. The molecule has 1 aromatic heterocycles. The zero-order valence-corrected chi connectivity index (χ0v) is 16.8. The van der Waals surface area contributed by atoms with Gasteiger partial charge in [0.25, 0.3) is 5.91 Å². The summed E-state index contributed by atoms with van der Waals surface area (Å²) in [7, 11) is 0. The fourth-order valence-corrected chi connectivity index (χ4v) is 3.99. The van der Waals surface area contributed by atoms with E-state index < -0.39 is 0 Å². The first-order valence-electron chi connectivity index (χ1n) is 9.71. The molecule has 1 fully saturated rings. The third-order valence-corrected chi connectivity index (χ3v) is 5.89. The molecule has 0 atom stereocenters. The van der Waals surface area contributed by atoms with E-state index in [1.165, 1.54) is 11.3 Å². The van der Waals surface area contributed by atoms with Gasteiger partial charge in [0.2, 0.25) is 11.0 Å². The number of fused-ring (bicyclic) bond motifs is 1. The van der Waals surface area contributed by atoms with Crippen molar-refractivity contribution in [2.75, 3.05) is 10.6 Å². The van der Waals surface area contributed by atoms with Gasteiger partial charge in [-0.15, -0.1) is 10.2 Å². The normalized spacial score (nSPS) is 13.2. The maximum Gasteiger partial charge on any atom is 0.259 e. The van der Waals surface area contributed by atoms with Crippen LogP contribution in [0.3, 0.4) is 0 Å². The van der Waals surface area contributed by atoms with E-state index in [1.54, 1.807) is 6.07 Å². The summed E-state index contributed by atoms with van der Waals surface area (Å²) in [6.07, 6.45) is 1.79. The molecule has 0 bridgehead atoms. The van der Waals surface area contributed by atoms with Crippen molar-refractivity contribution < 1.29 is 9.59 Å². The summed E-state index contributed by atoms with van der Waals surface area (Å²) in [4.78, 5) is 25.4. The van der Waals surface area contributed by atoms with E-state index in [9.17, 15) is 9.59 Å². The van der Waals surface area contributed by atoms with Crippen LogP contribution in [0.25, 0.3) is 21.3 Å². The molecule has 4 aromatic rings. The molecule has 0 aliphatic heterocycles. The second kappa shape index (κ2) is 7.68.